The van der Waals surface area contributed by atoms with Crippen LogP contribution in [0.4, 0.5) is 0 Å². The van der Waals surface area contributed by atoms with E-state index in [1.54, 1.807) is 13.8 Å². The first kappa shape index (κ1) is 10.1. The van der Waals surface area contributed by atoms with Gasteiger partial charge in [0.25, 0.3) is 0 Å². The van der Waals surface area contributed by atoms with E-state index in [-0.39, 0.29) is 5.69 Å². The molecule has 0 aromatic carbocycles. The Bertz CT molecular complexity index is 352. The molecule has 0 aliphatic carbocycles. The maximum absolute atomic E-state index is 11.2. The maximum Gasteiger partial charge on any atom is 0.360 e. The van der Waals surface area contributed by atoms with E-state index in [9.17, 15) is 4.79 Å². The second-order valence-electron chi connectivity index (χ2n) is 2.73. The molecule has 0 fully saturated rings. The summed E-state index contributed by atoms with van der Waals surface area (Å²) in [6, 6.07) is 0. The minimum Gasteiger partial charge on any atom is -0.447 e. The largest absolute Gasteiger partial charge is 0.447 e. The van der Waals surface area contributed by atoms with Gasteiger partial charge in [0.15, 0.2) is 5.69 Å². The molecule has 1 unspecified atom stereocenters. The van der Waals surface area contributed by atoms with Crippen LogP contribution in [0.15, 0.2) is 0 Å². The van der Waals surface area contributed by atoms with Crippen LogP contribution in [0.25, 0.3) is 0 Å². The average Bonchev–Trinajstić information content (AvgIpc) is 2.10. The minimum atomic E-state index is -0.474. The molecule has 1 rings (SSSR count). The lowest BCUT2D eigenvalue weighted by atomic mass is 10.2. The SMILES string of the molecule is Cc1nc(C)c(C(=O)OP)nc1C. The van der Waals surface area contributed by atoms with E-state index in [0.717, 1.165) is 11.4 Å². The van der Waals surface area contributed by atoms with Gasteiger partial charge in [-0.25, -0.2) is 9.78 Å². The Balaban J connectivity index is 3.23. The van der Waals surface area contributed by atoms with E-state index < -0.39 is 5.97 Å². The fraction of sp³-hybridized carbons (Fsp3) is 0.375. The molecule has 0 radical (unpaired) electrons. The van der Waals surface area contributed by atoms with Gasteiger partial charge in [-0.05, 0) is 20.8 Å². The predicted molar refractivity (Wildman–Crippen MR) is 51.4 cm³/mol. The van der Waals surface area contributed by atoms with Gasteiger partial charge >= 0.3 is 5.97 Å². The van der Waals surface area contributed by atoms with Crippen molar-refractivity contribution in [3.63, 3.8) is 0 Å². The zero-order valence-electron chi connectivity index (χ0n) is 7.79. The van der Waals surface area contributed by atoms with Gasteiger partial charge in [0, 0.05) is 0 Å². The molecule has 1 heterocycles. The first-order valence-electron chi connectivity index (χ1n) is 3.79. The van der Waals surface area contributed by atoms with Crippen LogP contribution in [0, 0.1) is 20.8 Å². The van der Waals surface area contributed by atoms with Gasteiger partial charge in [-0.1, -0.05) is 0 Å². The van der Waals surface area contributed by atoms with Crippen molar-refractivity contribution in [3.8, 4) is 0 Å². The molecule has 1 aromatic rings. The monoisotopic (exact) mass is 198 g/mol. The molecule has 4 nitrogen and oxygen atoms in total. The molecule has 0 spiro atoms. The molecule has 1 aromatic heterocycles. The smallest absolute Gasteiger partial charge is 0.360 e. The van der Waals surface area contributed by atoms with E-state index in [4.69, 9.17) is 0 Å². The van der Waals surface area contributed by atoms with Crippen molar-refractivity contribution >= 4 is 15.4 Å². The van der Waals surface area contributed by atoms with Crippen LogP contribution in [0.2, 0.25) is 0 Å². The summed E-state index contributed by atoms with van der Waals surface area (Å²) in [4.78, 5) is 19.4. The van der Waals surface area contributed by atoms with Gasteiger partial charge in [0.1, 0.15) is 0 Å². The first-order valence-corrected chi connectivity index (χ1v) is 4.26. The summed E-state index contributed by atoms with van der Waals surface area (Å²) in [6.45, 7) is 5.39. The number of hydrogen-bond acceptors (Lipinski definition) is 4. The van der Waals surface area contributed by atoms with Gasteiger partial charge < -0.3 is 4.52 Å². The number of carbonyl (C=O) groups excluding carboxylic acids is 1. The van der Waals surface area contributed by atoms with E-state index in [0.29, 0.717) is 5.69 Å². The minimum absolute atomic E-state index is 0.276. The number of hydrogen-bond donors (Lipinski definition) is 0. The molecule has 70 valence electrons. The predicted octanol–water partition coefficient (Wildman–Crippen LogP) is 1.35. The molecule has 0 saturated carbocycles. The lowest BCUT2D eigenvalue weighted by Crippen LogP contribution is -2.09. The Morgan fingerprint density at radius 2 is 1.69 bits per heavy atom. The molecule has 0 aliphatic heterocycles. The summed E-state index contributed by atoms with van der Waals surface area (Å²) in [5.41, 5.74) is 2.45. The molecule has 0 N–H and O–H groups in total. The van der Waals surface area contributed by atoms with Crippen molar-refractivity contribution in [2.75, 3.05) is 0 Å². The second kappa shape index (κ2) is 3.79. The van der Waals surface area contributed by atoms with Crippen molar-refractivity contribution in [3.05, 3.63) is 22.8 Å². The number of aryl methyl sites for hydroxylation is 3. The third kappa shape index (κ3) is 2.01. The highest BCUT2D eigenvalue weighted by atomic mass is 31.0. The van der Waals surface area contributed by atoms with Gasteiger partial charge in [-0.2, -0.15) is 0 Å². The third-order valence-electron chi connectivity index (χ3n) is 1.78. The fourth-order valence-electron chi connectivity index (χ4n) is 0.964. The Hall–Kier alpha value is -1.02. The van der Waals surface area contributed by atoms with Crippen LogP contribution in [0.3, 0.4) is 0 Å². The van der Waals surface area contributed by atoms with E-state index in [1.165, 1.54) is 0 Å². The van der Waals surface area contributed by atoms with E-state index >= 15 is 0 Å². The van der Waals surface area contributed by atoms with Gasteiger partial charge in [-0.15, -0.1) is 0 Å². The molecule has 5 heteroatoms. The number of carbonyl (C=O) groups is 1. The molecule has 13 heavy (non-hydrogen) atoms. The first-order chi connectivity index (χ1) is 6.06. The zero-order chi connectivity index (χ0) is 10.0. The fourth-order valence-corrected chi connectivity index (χ4v) is 1.08. The zero-order valence-corrected chi connectivity index (χ0v) is 8.94. The summed E-state index contributed by atoms with van der Waals surface area (Å²) in [7, 11) is 1.90. The third-order valence-corrected chi connectivity index (χ3v) is 2.00. The standard InChI is InChI=1S/C8H11N2O2P/c1-4-5(2)10-7(6(3)9-4)8(11)12-13/h13H2,1-3H3. The highest BCUT2D eigenvalue weighted by molar-refractivity contribution is 7.10. The molecule has 1 atom stereocenters. The van der Waals surface area contributed by atoms with Crippen LogP contribution < -0.4 is 0 Å². The van der Waals surface area contributed by atoms with Crippen molar-refractivity contribution in [2.24, 2.45) is 0 Å². The van der Waals surface area contributed by atoms with Crippen molar-refractivity contribution in [1.82, 2.24) is 9.97 Å². The topological polar surface area (TPSA) is 52.1 Å². The summed E-state index contributed by atoms with van der Waals surface area (Å²) >= 11 is 0. The Morgan fingerprint density at radius 3 is 2.23 bits per heavy atom. The summed E-state index contributed by atoms with van der Waals surface area (Å²) in [6.07, 6.45) is 0. The van der Waals surface area contributed by atoms with Crippen LogP contribution in [-0.4, -0.2) is 15.9 Å². The average molecular weight is 198 g/mol. The molecule has 0 bridgehead atoms. The van der Waals surface area contributed by atoms with Crippen molar-refractivity contribution in [2.45, 2.75) is 20.8 Å². The van der Waals surface area contributed by atoms with Crippen LogP contribution >= 0.6 is 9.47 Å². The summed E-state index contributed by atoms with van der Waals surface area (Å²) < 4.78 is 4.49. The Kier molecular flexibility index (Phi) is 2.94. The highest BCUT2D eigenvalue weighted by Gasteiger charge is 2.13. The number of rotatable bonds is 1. The van der Waals surface area contributed by atoms with Crippen LogP contribution in [0.1, 0.15) is 27.6 Å². The molecule has 0 saturated heterocycles. The normalized spacial score (nSPS) is 9.85. The van der Waals surface area contributed by atoms with Gasteiger partial charge in [0.2, 0.25) is 0 Å². The molecule has 0 aliphatic rings. The van der Waals surface area contributed by atoms with Gasteiger partial charge in [-0.3, -0.25) is 4.98 Å². The maximum atomic E-state index is 11.2. The van der Waals surface area contributed by atoms with Crippen LogP contribution in [0.5, 0.6) is 0 Å². The van der Waals surface area contributed by atoms with E-state index in [2.05, 4.69) is 14.5 Å². The Morgan fingerprint density at radius 1 is 1.15 bits per heavy atom. The van der Waals surface area contributed by atoms with Gasteiger partial charge in [0.05, 0.1) is 26.5 Å². The van der Waals surface area contributed by atoms with Crippen molar-refractivity contribution in [1.29, 1.82) is 0 Å². The Labute approximate surface area is 79.0 Å². The van der Waals surface area contributed by atoms with Crippen LogP contribution in [-0.2, 0) is 4.52 Å². The molecular weight excluding hydrogens is 187 g/mol. The quantitative estimate of drug-likeness (QED) is 0.639. The summed E-state index contributed by atoms with van der Waals surface area (Å²) in [5, 5.41) is 0. The number of aromatic nitrogens is 2. The number of nitrogens with zero attached hydrogens (tertiary/aromatic N) is 2. The van der Waals surface area contributed by atoms with E-state index in [1.807, 2.05) is 16.4 Å². The molecular formula is C8H11N2O2P. The lowest BCUT2D eigenvalue weighted by Gasteiger charge is -2.04. The molecule has 0 amide bonds. The van der Waals surface area contributed by atoms with Crippen molar-refractivity contribution < 1.29 is 9.32 Å². The second-order valence-corrected chi connectivity index (χ2v) is 2.97. The lowest BCUT2D eigenvalue weighted by molar-refractivity contribution is 0.0758. The highest BCUT2D eigenvalue weighted by Crippen LogP contribution is 2.09. The summed E-state index contributed by atoms with van der Waals surface area (Å²) in [5.74, 6) is -0.474.